The summed E-state index contributed by atoms with van der Waals surface area (Å²) in [7, 11) is 0. The van der Waals surface area contributed by atoms with Gasteiger partial charge in [0.2, 0.25) is 0 Å². The van der Waals surface area contributed by atoms with Crippen LogP contribution < -0.4 is 10.6 Å². The number of carbonyl (C=O) groups is 2. The normalized spacial score (nSPS) is 14.7. The summed E-state index contributed by atoms with van der Waals surface area (Å²) >= 11 is 0. The minimum absolute atomic E-state index is 0.118. The smallest absolute Gasteiger partial charge is 0.357 e. The summed E-state index contributed by atoms with van der Waals surface area (Å²) in [6, 6.07) is 9.83. The number of benzene rings is 1. The average molecular weight is 442 g/mol. The van der Waals surface area contributed by atoms with E-state index in [0.29, 0.717) is 12.4 Å². The van der Waals surface area contributed by atoms with Crippen LogP contribution in [0.2, 0.25) is 0 Å². The zero-order valence-electron chi connectivity index (χ0n) is 19.6. The Hall–Kier alpha value is -2.96. The van der Waals surface area contributed by atoms with Crippen LogP contribution in [0.3, 0.4) is 0 Å². The number of nitrogen functional groups attached to an aromatic ring is 1. The number of hydrogen-bond acceptors (Lipinski definition) is 6. The van der Waals surface area contributed by atoms with E-state index in [4.69, 9.17) is 15.2 Å². The molecular weight excluding hydrogens is 406 g/mol. The first kappa shape index (κ1) is 23.7. The van der Waals surface area contributed by atoms with E-state index in [1.807, 2.05) is 55.7 Å². The molecule has 0 unspecified atom stereocenters. The molecule has 1 saturated heterocycles. The molecule has 32 heavy (non-hydrogen) atoms. The van der Waals surface area contributed by atoms with Crippen molar-refractivity contribution in [2.75, 3.05) is 30.3 Å². The van der Waals surface area contributed by atoms with Gasteiger partial charge in [-0.15, -0.1) is 0 Å². The summed E-state index contributed by atoms with van der Waals surface area (Å²) in [5.74, 6) is -0.413. The van der Waals surface area contributed by atoms with Crippen molar-refractivity contribution >= 4 is 23.4 Å². The third-order valence-corrected chi connectivity index (χ3v) is 5.43. The monoisotopic (exact) mass is 441 g/mol. The van der Waals surface area contributed by atoms with Gasteiger partial charge in [0.25, 0.3) is 0 Å². The van der Waals surface area contributed by atoms with Gasteiger partial charge in [0.1, 0.15) is 17.0 Å². The van der Waals surface area contributed by atoms with Gasteiger partial charge in [-0.05, 0) is 46.1 Å². The quantitative estimate of drug-likeness (QED) is 0.658. The molecule has 1 fully saturated rings. The molecule has 1 aliphatic rings. The van der Waals surface area contributed by atoms with E-state index >= 15 is 0 Å². The Morgan fingerprint density at radius 1 is 1.00 bits per heavy atom. The number of ether oxygens (including phenoxy) is 2. The molecule has 0 radical (unpaired) electrons. The van der Waals surface area contributed by atoms with Crippen molar-refractivity contribution in [3.63, 3.8) is 0 Å². The van der Waals surface area contributed by atoms with Gasteiger partial charge < -0.3 is 24.7 Å². The Balaban J connectivity index is 2.22. The van der Waals surface area contributed by atoms with Gasteiger partial charge >= 0.3 is 11.9 Å². The molecule has 0 saturated carbocycles. The highest BCUT2D eigenvalue weighted by Gasteiger charge is 2.35. The largest absolute Gasteiger partial charge is 0.461 e. The number of nitrogens with two attached hydrogens (primary N) is 1. The summed E-state index contributed by atoms with van der Waals surface area (Å²) in [5, 5.41) is 0. The molecule has 7 heteroatoms. The molecule has 0 bridgehead atoms. The number of esters is 2. The van der Waals surface area contributed by atoms with E-state index in [-0.39, 0.29) is 23.6 Å². The van der Waals surface area contributed by atoms with Crippen molar-refractivity contribution in [2.24, 2.45) is 0 Å². The summed E-state index contributed by atoms with van der Waals surface area (Å²) < 4.78 is 12.9. The molecule has 0 atom stereocenters. The van der Waals surface area contributed by atoms with E-state index < -0.39 is 17.5 Å². The predicted octanol–water partition coefficient (Wildman–Crippen LogP) is 4.63. The third kappa shape index (κ3) is 5.44. The molecule has 0 amide bonds. The van der Waals surface area contributed by atoms with E-state index in [1.165, 1.54) is 0 Å². The lowest BCUT2D eigenvalue weighted by atomic mass is 10.1. The maximum absolute atomic E-state index is 13.3. The highest BCUT2D eigenvalue weighted by Crippen LogP contribution is 2.37. The molecule has 0 spiro atoms. The van der Waals surface area contributed by atoms with E-state index in [9.17, 15) is 9.59 Å². The van der Waals surface area contributed by atoms with E-state index in [2.05, 4.69) is 4.90 Å². The lowest BCUT2D eigenvalue weighted by molar-refractivity contribution is 0.00714. The first-order valence-electron chi connectivity index (χ1n) is 11.4. The van der Waals surface area contributed by atoms with Gasteiger partial charge in [-0.3, -0.25) is 0 Å². The van der Waals surface area contributed by atoms with Crippen LogP contribution in [-0.2, 0) is 16.0 Å². The Morgan fingerprint density at radius 2 is 1.62 bits per heavy atom. The number of hydrogen-bond donors (Lipinski definition) is 1. The number of nitrogens with zero attached hydrogens (tertiary/aromatic N) is 2. The zero-order valence-corrected chi connectivity index (χ0v) is 19.6. The minimum atomic E-state index is -0.689. The first-order chi connectivity index (χ1) is 15.2. The second kappa shape index (κ2) is 10.1. The van der Waals surface area contributed by atoms with Gasteiger partial charge in [-0.1, -0.05) is 43.2 Å². The van der Waals surface area contributed by atoms with Gasteiger partial charge in [0, 0.05) is 19.6 Å². The van der Waals surface area contributed by atoms with Gasteiger partial charge in [-0.25, -0.2) is 9.59 Å². The average Bonchev–Trinajstić information content (AvgIpc) is 2.87. The van der Waals surface area contributed by atoms with Crippen LogP contribution in [0, 0.1) is 0 Å². The topological polar surface area (TPSA) is 86.8 Å². The highest BCUT2D eigenvalue weighted by molar-refractivity contribution is 6.08. The summed E-state index contributed by atoms with van der Waals surface area (Å²) in [5.41, 5.74) is 7.39. The first-order valence-corrected chi connectivity index (χ1v) is 11.4. The number of anilines is 2. The highest BCUT2D eigenvalue weighted by atomic mass is 16.6. The fourth-order valence-electron chi connectivity index (χ4n) is 4.11. The van der Waals surface area contributed by atoms with Crippen LogP contribution in [0.4, 0.5) is 11.5 Å². The maximum Gasteiger partial charge on any atom is 0.357 e. The molecule has 1 aromatic carbocycles. The Kier molecular flexibility index (Phi) is 7.48. The van der Waals surface area contributed by atoms with Crippen molar-refractivity contribution in [1.82, 2.24) is 4.57 Å². The number of aromatic nitrogens is 1. The minimum Gasteiger partial charge on any atom is -0.461 e. The van der Waals surface area contributed by atoms with Crippen LogP contribution in [0.25, 0.3) is 0 Å². The number of carbonyl (C=O) groups excluding carboxylic acids is 2. The molecular formula is C25H35N3O4. The summed E-state index contributed by atoms with van der Waals surface area (Å²) in [6.07, 6.45) is 4.30. The van der Waals surface area contributed by atoms with Crippen molar-refractivity contribution in [3.8, 4) is 0 Å². The Morgan fingerprint density at radius 3 is 2.19 bits per heavy atom. The van der Waals surface area contributed by atoms with Crippen molar-refractivity contribution in [2.45, 2.75) is 65.5 Å². The van der Waals surface area contributed by atoms with Crippen LogP contribution in [0.1, 0.15) is 79.8 Å². The SMILES string of the molecule is CCOC(=O)c1c(N)c(C(=O)OC(C)(C)C)c(N2CCCCCC2)n1Cc1ccccc1. The van der Waals surface area contributed by atoms with Gasteiger partial charge in [-0.2, -0.15) is 0 Å². The van der Waals surface area contributed by atoms with Crippen LogP contribution in [0.15, 0.2) is 30.3 Å². The fraction of sp³-hybridized carbons (Fsp3) is 0.520. The predicted molar refractivity (Wildman–Crippen MR) is 126 cm³/mol. The molecule has 2 heterocycles. The fourth-order valence-corrected chi connectivity index (χ4v) is 4.11. The van der Waals surface area contributed by atoms with Crippen molar-refractivity contribution < 1.29 is 19.1 Å². The molecule has 2 aromatic rings. The van der Waals surface area contributed by atoms with Crippen LogP contribution in [0.5, 0.6) is 0 Å². The van der Waals surface area contributed by atoms with Crippen molar-refractivity contribution in [3.05, 3.63) is 47.2 Å². The lowest BCUT2D eigenvalue weighted by Crippen LogP contribution is -2.30. The van der Waals surface area contributed by atoms with Crippen LogP contribution >= 0.6 is 0 Å². The summed E-state index contributed by atoms with van der Waals surface area (Å²) in [4.78, 5) is 28.5. The lowest BCUT2D eigenvalue weighted by Gasteiger charge is -2.27. The Bertz CT molecular complexity index is 936. The van der Waals surface area contributed by atoms with E-state index in [1.54, 1.807) is 6.92 Å². The second-order valence-electron chi connectivity index (χ2n) is 9.16. The zero-order chi connectivity index (χ0) is 23.3. The Labute approximate surface area is 190 Å². The van der Waals surface area contributed by atoms with Gasteiger partial charge in [0.05, 0.1) is 12.3 Å². The number of rotatable bonds is 6. The molecule has 174 valence electrons. The molecule has 2 N–H and O–H groups in total. The molecule has 7 nitrogen and oxygen atoms in total. The van der Waals surface area contributed by atoms with Gasteiger partial charge in [0.15, 0.2) is 5.69 Å². The van der Waals surface area contributed by atoms with Crippen molar-refractivity contribution in [1.29, 1.82) is 0 Å². The molecule has 1 aromatic heterocycles. The maximum atomic E-state index is 13.3. The van der Waals surface area contributed by atoms with E-state index in [0.717, 1.165) is 44.3 Å². The third-order valence-electron chi connectivity index (χ3n) is 5.43. The van der Waals surface area contributed by atoms with Crippen LogP contribution in [-0.4, -0.2) is 41.8 Å². The second-order valence-corrected chi connectivity index (χ2v) is 9.16. The summed E-state index contributed by atoms with van der Waals surface area (Å²) in [6.45, 7) is 9.40. The molecule has 1 aliphatic heterocycles. The molecule has 3 rings (SSSR count). The standard InChI is InChI=1S/C25H35N3O4/c1-5-31-24(30)21-20(26)19(23(29)32-25(2,3)4)22(27-15-11-6-7-12-16-27)28(21)17-18-13-9-8-10-14-18/h8-10,13-14H,5-7,11-12,15-17,26H2,1-4H3. The molecule has 0 aliphatic carbocycles.